The van der Waals surface area contributed by atoms with Gasteiger partial charge in [0.05, 0.1) is 22.4 Å². The third kappa shape index (κ3) is 5.28. The standard InChI is InChI=1S/C22H27N3O3S2/c1-15-12-18-20(30-15)21(27)25(10-9-16-6-3-2-4-7-16)22(24-18)29-14-19(26)23-13-17-8-5-11-28-17/h2-4,6-7,15,17H,5,8-14H2,1H3,(H,23,26)/t15-,17+/m0/s1. The van der Waals surface area contributed by atoms with Gasteiger partial charge in [-0.05, 0) is 24.8 Å². The lowest BCUT2D eigenvalue weighted by Gasteiger charge is -2.14. The van der Waals surface area contributed by atoms with Gasteiger partial charge in [0.15, 0.2) is 5.16 Å². The molecule has 0 radical (unpaired) electrons. The van der Waals surface area contributed by atoms with Gasteiger partial charge >= 0.3 is 0 Å². The Bertz CT molecular complexity index is 943. The molecule has 1 fully saturated rings. The summed E-state index contributed by atoms with van der Waals surface area (Å²) in [5, 5.41) is 3.94. The van der Waals surface area contributed by atoms with Gasteiger partial charge in [0, 0.05) is 31.4 Å². The summed E-state index contributed by atoms with van der Waals surface area (Å²) in [5.74, 6) is 0.189. The van der Waals surface area contributed by atoms with E-state index in [0.29, 0.717) is 23.5 Å². The van der Waals surface area contributed by atoms with Gasteiger partial charge < -0.3 is 10.1 Å². The third-order valence-corrected chi connectivity index (χ3v) is 7.50. The SMILES string of the molecule is C[C@H]1Cc2nc(SCC(=O)NC[C@H]3CCCO3)n(CCc3ccccc3)c(=O)c2S1. The summed E-state index contributed by atoms with van der Waals surface area (Å²) in [6, 6.07) is 10.1. The molecule has 2 aromatic rings. The average molecular weight is 446 g/mol. The second kappa shape index (κ2) is 10.0. The Hall–Kier alpha value is -1.77. The van der Waals surface area contributed by atoms with Crippen molar-refractivity contribution in [1.82, 2.24) is 14.9 Å². The predicted molar refractivity (Wildman–Crippen MR) is 120 cm³/mol. The van der Waals surface area contributed by atoms with Crippen LogP contribution < -0.4 is 10.9 Å². The number of hydrogen-bond donors (Lipinski definition) is 1. The molecular weight excluding hydrogens is 418 g/mol. The van der Waals surface area contributed by atoms with Crippen LogP contribution in [0, 0.1) is 0 Å². The van der Waals surface area contributed by atoms with Crippen LogP contribution in [0.1, 0.15) is 31.0 Å². The number of aromatic nitrogens is 2. The maximum atomic E-state index is 13.2. The van der Waals surface area contributed by atoms with Crippen LogP contribution in [0.4, 0.5) is 0 Å². The summed E-state index contributed by atoms with van der Waals surface area (Å²) < 4.78 is 7.30. The molecule has 1 aromatic heterocycles. The zero-order valence-corrected chi connectivity index (χ0v) is 18.8. The van der Waals surface area contributed by atoms with E-state index in [2.05, 4.69) is 24.4 Å². The number of nitrogens with zero attached hydrogens (tertiary/aromatic N) is 2. The minimum atomic E-state index is -0.0531. The molecule has 0 saturated carbocycles. The Kier molecular flexibility index (Phi) is 7.17. The molecule has 1 N–H and O–H groups in total. The quantitative estimate of drug-likeness (QED) is 0.498. The van der Waals surface area contributed by atoms with E-state index in [0.717, 1.165) is 42.9 Å². The highest BCUT2D eigenvalue weighted by Gasteiger charge is 2.26. The van der Waals surface area contributed by atoms with E-state index in [4.69, 9.17) is 9.72 Å². The molecule has 4 rings (SSSR count). The lowest BCUT2D eigenvalue weighted by Crippen LogP contribution is -2.33. The molecule has 2 atom stereocenters. The third-order valence-electron chi connectivity index (χ3n) is 5.31. The van der Waals surface area contributed by atoms with Crippen LogP contribution in [0.15, 0.2) is 45.2 Å². The van der Waals surface area contributed by atoms with Crippen molar-refractivity contribution in [3.63, 3.8) is 0 Å². The number of amides is 1. The van der Waals surface area contributed by atoms with Crippen LogP contribution in [0.25, 0.3) is 0 Å². The first-order valence-corrected chi connectivity index (χ1v) is 12.3. The Morgan fingerprint density at radius 2 is 2.20 bits per heavy atom. The van der Waals surface area contributed by atoms with Crippen molar-refractivity contribution in [1.29, 1.82) is 0 Å². The maximum Gasteiger partial charge on any atom is 0.268 e. The van der Waals surface area contributed by atoms with Crippen LogP contribution in [-0.4, -0.2) is 45.7 Å². The normalized spacial score (nSPS) is 20.3. The summed E-state index contributed by atoms with van der Waals surface area (Å²) in [7, 11) is 0. The number of nitrogens with one attached hydrogen (secondary N) is 1. The first-order chi connectivity index (χ1) is 14.6. The summed E-state index contributed by atoms with van der Waals surface area (Å²) >= 11 is 2.95. The van der Waals surface area contributed by atoms with Gasteiger partial charge in [-0.25, -0.2) is 4.98 Å². The van der Waals surface area contributed by atoms with E-state index in [1.807, 2.05) is 18.2 Å². The molecular formula is C22H27N3O3S2. The van der Waals surface area contributed by atoms with E-state index in [1.165, 1.54) is 17.3 Å². The van der Waals surface area contributed by atoms with Crippen LogP contribution in [0.5, 0.6) is 0 Å². The van der Waals surface area contributed by atoms with Gasteiger partial charge in [-0.15, -0.1) is 11.8 Å². The monoisotopic (exact) mass is 445 g/mol. The van der Waals surface area contributed by atoms with Crippen molar-refractivity contribution in [2.24, 2.45) is 0 Å². The van der Waals surface area contributed by atoms with Gasteiger partial charge in [-0.3, -0.25) is 14.2 Å². The Morgan fingerprint density at radius 3 is 2.97 bits per heavy atom. The number of ether oxygens (including phenoxy) is 1. The van der Waals surface area contributed by atoms with Gasteiger partial charge in [0.25, 0.3) is 5.56 Å². The Balaban J connectivity index is 1.46. The molecule has 2 aliphatic heterocycles. The second-order valence-electron chi connectivity index (χ2n) is 7.72. The first kappa shape index (κ1) is 21.5. The molecule has 1 saturated heterocycles. The largest absolute Gasteiger partial charge is 0.376 e. The number of benzene rings is 1. The van der Waals surface area contributed by atoms with Crippen molar-refractivity contribution in [2.75, 3.05) is 18.9 Å². The Labute approximate surface area is 185 Å². The predicted octanol–water partition coefficient (Wildman–Crippen LogP) is 2.91. The van der Waals surface area contributed by atoms with Crippen molar-refractivity contribution in [3.8, 4) is 0 Å². The summed E-state index contributed by atoms with van der Waals surface area (Å²) in [6.45, 7) is 3.99. The van der Waals surface area contributed by atoms with Gasteiger partial charge in [0.2, 0.25) is 5.91 Å². The summed E-state index contributed by atoms with van der Waals surface area (Å²) in [4.78, 5) is 31.0. The van der Waals surface area contributed by atoms with E-state index in [1.54, 1.807) is 16.3 Å². The molecule has 1 amide bonds. The van der Waals surface area contributed by atoms with Crippen molar-refractivity contribution in [3.05, 3.63) is 51.9 Å². The molecule has 0 spiro atoms. The number of carbonyl (C=O) groups excluding carboxylic acids is 1. The van der Waals surface area contributed by atoms with E-state index in [9.17, 15) is 9.59 Å². The van der Waals surface area contributed by atoms with E-state index >= 15 is 0 Å². The smallest absolute Gasteiger partial charge is 0.268 e. The van der Waals surface area contributed by atoms with Crippen molar-refractivity contribution >= 4 is 29.4 Å². The zero-order chi connectivity index (χ0) is 20.9. The number of carbonyl (C=O) groups is 1. The fourth-order valence-corrected chi connectivity index (χ4v) is 5.73. The molecule has 8 heteroatoms. The molecule has 1 aromatic carbocycles. The topological polar surface area (TPSA) is 73.2 Å². The highest BCUT2D eigenvalue weighted by molar-refractivity contribution is 8.00. The molecule has 6 nitrogen and oxygen atoms in total. The highest BCUT2D eigenvalue weighted by atomic mass is 32.2. The number of fused-ring (bicyclic) bond motifs is 1. The summed E-state index contributed by atoms with van der Waals surface area (Å²) in [5.41, 5.74) is 2.07. The highest BCUT2D eigenvalue weighted by Crippen LogP contribution is 2.34. The van der Waals surface area contributed by atoms with E-state index in [-0.39, 0.29) is 23.3 Å². The molecule has 0 aliphatic carbocycles. The van der Waals surface area contributed by atoms with Crippen LogP contribution in [0.2, 0.25) is 0 Å². The lowest BCUT2D eigenvalue weighted by atomic mass is 10.1. The average Bonchev–Trinajstić information content (AvgIpc) is 3.40. The molecule has 30 heavy (non-hydrogen) atoms. The van der Waals surface area contributed by atoms with Crippen molar-refractivity contribution in [2.45, 2.75) is 60.6 Å². The van der Waals surface area contributed by atoms with Gasteiger partial charge in [-0.2, -0.15) is 0 Å². The maximum absolute atomic E-state index is 13.2. The molecule has 0 bridgehead atoms. The molecule has 3 heterocycles. The lowest BCUT2D eigenvalue weighted by molar-refractivity contribution is -0.119. The summed E-state index contributed by atoms with van der Waals surface area (Å²) in [6.07, 6.45) is 3.72. The second-order valence-corrected chi connectivity index (χ2v) is 10.1. The number of hydrogen-bond acceptors (Lipinski definition) is 6. The molecule has 160 valence electrons. The van der Waals surface area contributed by atoms with Crippen LogP contribution >= 0.6 is 23.5 Å². The fourth-order valence-electron chi connectivity index (χ4n) is 3.74. The van der Waals surface area contributed by atoms with Gasteiger partial charge in [-0.1, -0.05) is 49.0 Å². The van der Waals surface area contributed by atoms with Crippen LogP contribution in [-0.2, 0) is 28.9 Å². The van der Waals surface area contributed by atoms with Crippen molar-refractivity contribution < 1.29 is 9.53 Å². The minimum Gasteiger partial charge on any atom is -0.376 e. The number of rotatable bonds is 8. The fraction of sp³-hybridized carbons (Fsp3) is 0.500. The molecule has 2 aliphatic rings. The van der Waals surface area contributed by atoms with Crippen LogP contribution in [0.3, 0.4) is 0 Å². The number of aryl methyl sites for hydroxylation is 1. The Morgan fingerprint density at radius 1 is 1.37 bits per heavy atom. The number of thioether (sulfide) groups is 2. The zero-order valence-electron chi connectivity index (χ0n) is 17.1. The molecule has 0 unspecified atom stereocenters. The minimum absolute atomic E-state index is 0.0209. The van der Waals surface area contributed by atoms with Gasteiger partial charge in [0.1, 0.15) is 0 Å². The van der Waals surface area contributed by atoms with E-state index < -0.39 is 0 Å². The first-order valence-electron chi connectivity index (χ1n) is 10.5.